The van der Waals surface area contributed by atoms with E-state index in [4.69, 9.17) is 5.11 Å². The molecule has 0 atom stereocenters. The van der Waals surface area contributed by atoms with Gasteiger partial charge >= 0.3 is 18.3 Å². The monoisotopic (exact) mass is 489 g/mol. The fourth-order valence-corrected chi connectivity index (χ4v) is 3.19. The third-order valence-corrected chi connectivity index (χ3v) is 5.07. The molecule has 0 saturated heterocycles. The van der Waals surface area contributed by atoms with Gasteiger partial charge in [0.15, 0.2) is 0 Å². The number of nitrogens with zero attached hydrogens (tertiary/aromatic N) is 1. The fraction of sp³-hybridized carbons (Fsp3) is 0.294. The molecule has 176 valence electrons. The summed E-state index contributed by atoms with van der Waals surface area (Å²) < 4.78 is 113. The molecule has 0 fully saturated rings. The highest BCUT2D eigenvalue weighted by molar-refractivity contribution is 7.86. The van der Waals surface area contributed by atoms with Crippen LogP contribution in [0.15, 0.2) is 41.4 Å². The molecule has 0 amide bonds. The van der Waals surface area contributed by atoms with Gasteiger partial charge in [0.25, 0.3) is 15.7 Å². The van der Waals surface area contributed by atoms with Gasteiger partial charge in [-0.15, -0.1) is 0 Å². The van der Waals surface area contributed by atoms with Crippen LogP contribution >= 0.6 is 0 Å². The van der Waals surface area contributed by atoms with E-state index in [-0.39, 0.29) is 11.3 Å². The molecule has 2 aromatic rings. The van der Waals surface area contributed by atoms with E-state index in [0.29, 0.717) is 12.1 Å². The predicted octanol–water partition coefficient (Wildman–Crippen LogP) is 3.10. The van der Waals surface area contributed by atoms with Crippen molar-refractivity contribution < 1.29 is 59.1 Å². The summed E-state index contributed by atoms with van der Waals surface area (Å²) in [6.07, 6.45) is -13.2. The van der Waals surface area contributed by atoms with Crippen LogP contribution in [0.25, 0.3) is 11.3 Å². The van der Waals surface area contributed by atoms with Gasteiger partial charge in [0.1, 0.15) is 16.2 Å². The number of hydrogen-bond acceptors (Lipinski definition) is 7. The molecule has 2 rings (SSSR count). The number of ether oxygens (including phenoxy) is 1. The summed E-state index contributed by atoms with van der Waals surface area (Å²) in [4.78, 5) is 14.9. The van der Waals surface area contributed by atoms with Gasteiger partial charge in [-0.2, -0.15) is 34.8 Å². The molecule has 0 saturated carbocycles. The van der Waals surface area contributed by atoms with Crippen molar-refractivity contribution in [3.05, 3.63) is 42.1 Å². The number of alkyl halides is 6. The maximum Gasteiger partial charge on any atom is 0.426 e. The van der Waals surface area contributed by atoms with Crippen LogP contribution in [0.2, 0.25) is 0 Å². The number of esters is 1. The molecule has 1 aromatic carbocycles. The molecule has 0 bridgehead atoms. The minimum Gasteiger partial charge on any atom is -0.507 e. The maximum absolute atomic E-state index is 12.7. The molecule has 0 aliphatic heterocycles. The number of aliphatic hydroxyl groups is 1. The normalized spacial score (nSPS) is 13.1. The molecule has 0 aliphatic rings. The highest BCUT2D eigenvalue weighted by Gasteiger charge is 2.70. The van der Waals surface area contributed by atoms with Crippen molar-refractivity contribution in [1.82, 2.24) is 4.98 Å². The smallest absolute Gasteiger partial charge is 0.426 e. The number of carbonyl (C=O) groups is 1. The standard InChI is InChI=1S/C17H13F6NO7S/c18-16(19,20)15(27,17(21,22)23)4-6-31-14(26)10-8-13(32(28,29)30)9(7-12(10)25)11-3-1-2-5-24-11/h1-3,5,7-8,25,27H,4,6H2,(H,28,29,30). The van der Waals surface area contributed by atoms with Crippen LogP contribution in [0.3, 0.4) is 0 Å². The molecule has 1 heterocycles. The summed E-state index contributed by atoms with van der Waals surface area (Å²) in [6.45, 7) is -1.60. The van der Waals surface area contributed by atoms with E-state index in [0.717, 1.165) is 0 Å². The van der Waals surface area contributed by atoms with Gasteiger partial charge in [-0.25, -0.2) is 4.79 Å². The largest absolute Gasteiger partial charge is 0.507 e. The Balaban J connectivity index is 2.35. The predicted molar refractivity (Wildman–Crippen MR) is 93.1 cm³/mol. The average Bonchev–Trinajstić information content (AvgIpc) is 2.65. The molecule has 3 N–H and O–H groups in total. The van der Waals surface area contributed by atoms with Crippen LogP contribution in [-0.4, -0.2) is 58.7 Å². The molecule has 32 heavy (non-hydrogen) atoms. The van der Waals surface area contributed by atoms with Crippen LogP contribution in [0, 0.1) is 0 Å². The lowest BCUT2D eigenvalue weighted by atomic mass is 9.99. The molecule has 0 radical (unpaired) electrons. The molecule has 0 aliphatic carbocycles. The lowest BCUT2D eigenvalue weighted by Crippen LogP contribution is -2.57. The van der Waals surface area contributed by atoms with Crippen molar-refractivity contribution in [2.45, 2.75) is 29.3 Å². The number of benzene rings is 1. The fourth-order valence-electron chi connectivity index (χ4n) is 2.48. The van der Waals surface area contributed by atoms with Crippen molar-refractivity contribution >= 4 is 16.1 Å². The van der Waals surface area contributed by atoms with Crippen LogP contribution in [0.1, 0.15) is 16.8 Å². The Hall–Kier alpha value is -2.91. The van der Waals surface area contributed by atoms with Crippen LogP contribution < -0.4 is 0 Å². The highest BCUT2D eigenvalue weighted by atomic mass is 32.2. The maximum atomic E-state index is 12.7. The zero-order chi connectivity index (χ0) is 24.5. The summed E-state index contributed by atoms with van der Waals surface area (Å²) in [7, 11) is -5.03. The molecule has 0 unspecified atom stereocenters. The third kappa shape index (κ3) is 5.11. The van der Waals surface area contributed by atoms with E-state index in [1.54, 1.807) is 0 Å². The molecule has 8 nitrogen and oxygen atoms in total. The lowest BCUT2D eigenvalue weighted by molar-refractivity contribution is -0.371. The minimum absolute atomic E-state index is 0.0595. The lowest BCUT2D eigenvalue weighted by Gasteiger charge is -2.32. The zero-order valence-corrected chi connectivity index (χ0v) is 16.3. The first-order valence-corrected chi connectivity index (χ1v) is 9.72. The summed E-state index contributed by atoms with van der Waals surface area (Å²) in [5, 5.41) is 19.0. The Morgan fingerprint density at radius 2 is 1.66 bits per heavy atom. The first-order chi connectivity index (χ1) is 14.5. The van der Waals surface area contributed by atoms with Gasteiger partial charge in [0, 0.05) is 18.2 Å². The second-order valence-electron chi connectivity index (χ2n) is 6.30. The average molecular weight is 489 g/mol. The van der Waals surface area contributed by atoms with E-state index in [1.807, 2.05) is 0 Å². The Morgan fingerprint density at radius 1 is 1.06 bits per heavy atom. The Kier molecular flexibility index (Phi) is 6.78. The number of aromatic nitrogens is 1. The van der Waals surface area contributed by atoms with Gasteiger partial charge in [0.05, 0.1) is 12.3 Å². The summed E-state index contributed by atoms with van der Waals surface area (Å²) >= 11 is 0. The molecular weight excluding hydrogens is 476 g/mol. The number of hydrogen-bond donors (Lipinski definition) is 3. The second kappa shape index (κ2) is 8.55. The second-order valence-corrected chi connectivity index (χ2v) is 7.69. The first-order valence-electron chi connectivity index (χ1n) is 8.28. The molecular formula is C17H13F6NO7S. The van der Waals surface area contributed by atoms with Crippen molar-refractivity contribution in [2.24, 2.45) is 0 Å². The Morgan fingerprint density at radius 3 is 2.12 bits per heavy atom. The number of aromatic hydroxyl groups is 1. The highest BCUT2D eigenvalue weighted by Crippen LogP contribution is 2.45. The van der Waals surface area contributed by atoms with E-state index in [9.17, 15) is 49.2 Å². The van der Waals surface area contributed by atoms with Crippen LogP contribution in [-0.2, 0) is 14.9 Å². The number of phenolic OH excluding ortho intramolecular Hbond substituents is 1. The molecule has 0 spiro atoms. The summed E-state index contributed by atoms with van der Waals surface area (Å²) in [5.74, 6) is -2.68. The topological polar surface area (TPSA) is 134 Å². The van der Waals surface area contributed by atoms with Crippen molar-refractivity contribution in [1.29, 1.82) is 0 Å². The van der Waals surface area contributed by atoms with Crippen LogP contribution in [0.4, 0.5) is 26.3 Å². The van der Waals surface area contributed by atoms with Gasteiger partial charge in [-0.3, -0.25) is 9.54 Å². The number of carbonyl (C=O) groups excluding carboxylic acids is 1. The van der Waals surface area contributed by atoms with Gasteiger partial charge < -0.3 is 14.9 Å². The number of phenols is 1. The molecule has 1 aromatic heterocycles. The van der Waals surface area contributed by atoms with Gasteiger partial charge in [-0.1, -0.05) is 6.07 Å². The summed E-state index contributed by atoms with van der Waals surface area (Å²) in [6, 6.07) is 5.28. The zero-order valence-electron chi connectivity index (χ0n) is 15.5. The number of halogens is 6. The van der Waals surface area contributed by atoms with Crippen molar-refractivity contribution in [2.75, 3.05) is 6.61 Å². The van der Waals surface area contributed by atoms with Crippen molar-refractivity contribution in [3.63, 3.8) is 0 Å². The van der Waals surface area contributed by atoms with Gasteiger partial charge in [-0.05, 0) is 24.3 Å². The van der Waals surface area contributed by atoms with E-state index >= 15 is 0 Å². The summed E-state index contributed by atoms with van der Waals surface area (Å²) in [5.41, 5.74) is -6.58. The van der Waals surface area contributed by atoms with E-state index < -0.39 is 63.3 Å². The number of rotatable bonds is 6. The molecule has 15 heteroatoms. The van der Waals surface area contributed by atoms with E-state index in [1.165, 1.54) is 24.4 Å². The van der Waals surface area contributed by atoms with Crippen LogP contribution in [0.5, 0.6) is 5.75 Å². The Bertz CT molecular complexity index is 1090. The quantitative estimate of drug-likeness (QED) is 0.320. The first kappa shape index (κ1) is 25.4. The van der Waals surface area contributed by atoms with Crippen molar-refractivity contribution in [3.8, 4) is 17.0 Å². The number of pyridine rings is 1. The van der Waals surface area contributed by atoms with Gasteiger partial charge in [0.2, 0.25) is 0 Å². The van der Waals surface area contributed by atoms with E-state index in [2.05, 4.69) is 9.72 Å². The SMILES string of the molecule is O=C(OCCC(O)(C(F)(F)F)C(F)(F)F)c1cc(S(=O)(=O)O)c(-c2ccccn2)cc1O. The third-order valence-electron chi connectivity index (χ3n) is 4.17. The minimum atomic E-state index is -6.14. The Labute approximate surface area is 175 Å².